The van der Waals surface area contributed by atoms with Gasteiger partial charge in [0.05, 0.1) is 11.1 Å². The predicted molar refractivity (Wildman–Crippen MR) is 90.1 cm³/mol. The Morgan fingerprint density at radius 3 is 2.85 bits per heavy atom. The molecule has 2 aromatic rings. The number of rotatable bonds is 4. The highest BCUT2D eigenvalue weighted by atomic mass is 35.5. The minimum absolute atomic E-state index is 0.662. The van der Waals surface area contributed by atoms with Gasteiger partial charge in [0.25, 0.3) is 0 Å². The molecule has 0 spiro atoms. The van der Waals surface area contributed by atoms with Gasteiger partial charge in [-0.15, -0.1) is 11.3 Å². The molecule has 0 amide bonds. The average Bonchev–Trinajstić information content (AvgIpc) is 2.76. The van der Waals surface area contributed by atoms with Gasteiger partial charge < -0.3 is 0 Å². The highest BCUT2D eigenvalue weighted by molar-refractivity contribution is 7.98. The fourth-order valence-electron chi connectivity index (χ4n) is 2.60. The molecule has 2 aromatic heterocycles. The van der Waals surface area contributed by atoms with Crippen LogP contribution in [0.4, 0.5) is 0 Å². The Morgan fingerprint density at radius 2 is 2.05 bits per heavy atom. The molecule has 0 unspecified atom stereocenters. The third-order valence-corrected chi connectivity index (χ3v) is 6.32. The fraction of sp³-hybridized carbons (Fsp3) is 0.600. The minimum atomic E-state index is 0.662. The summed E-state index contributed by atoms with van der Waals surface area (Å²) in [6, 6.07) is 0. The Labute approximate surface area is 133 Å². The van der Waals surface area contributed by atoms with Crippen molar-refractivity contribution in [1.82, 2.24) is 9.97 Å². The molecule has 5 heteroatoms. The number of nitrogens with zero attached hydrogens (tertiary/aromatic N) is 2. The largest absolute Gasteiger partial charge is 0.221 e. The zero-order valence-electron chi connectivity index (χ0n) is 11.9. The van der Waals surface area contributed by atoms with E-state index in [9.17, 15) is 0 Å². The first-order valence-corrected chi connectivity index (χ1v) is 9.54. The summed E-state index contributed by atoms with van der Waals surface area (Å²) < 4.78 is 0. The molecule has 0 fully saturated rings. The van der Waals surface area contributed by atoms with Crippen molar-refractivity contribution >= 4 is 44.9 Å². The summed E-state index contributed by atoms with van der Waals surface area (Å²) in [6.45, 7) is 4.47. The first-order valence-electron chi connectivity index (χ1n) is 7.19. The van der Waals surface area contributed by atoms with E-state index >= 15 is 0 Å². The minimum Gasteiger partial charge on any atom is -0.221 e. The molecular formula is C15H19ClN2S2. The van der Waals surface area contributed by atoms with Crippen LogP contribution in [0, 0.1) is 5.92 Å². The SMILES string of the molecule is CC(C)CSCc1nc(Cl)c2c3c(sc2n1)CCCC3. The van der Waals surface area contributed by atoms with Gasteiger partial charge in [-0.3, -0.25) is 0 Å². The monoisotopic (exact) mass is 326 g/mol. The van der Waals surface area contributed by atoms with Crippen molar-refractivity contribution in [2.75, 3.05) is 5.75 Å². The molecule has 1 aliphatic carbocycles. The van der Waals surface area contributed by atoms with Gasteiger partial charge in [0, 0.05) is 4.88 Å². The third-order valence-electron chi connectivity index (χ3n) is 3.50. The summed E-state index contributed by atoms with van der Waals surface area (Å²) in [5.74, 6) is 3.58. The van der Waals surface area contributed by atoms with Gasteiger partial charge in [0.2, 0.25) is 0 Å². The van der Waals surface area contributed by atoms with Crippen molar-refractivity contribution in [1.29, 1.82) is 0 Å². The number of halogens is 1. The molecule has 0 saturated carbocycles. The third kappa shape index (κ3) is 2.97. The van der Waals surface area contributed by atoms with Crippen molar-refractivity contribution in [3.8, 4) is 0 Å². The lowest BCUT2D eigenvalue weighted by atomic mass is 9.97. The topological polar surface area (TPSA) is 25.8 Å². The van der Waals surface area contributed by atoms with Gasteiger partial charge in [-0.25, -0.2) is 9.97 Å². The highest BCUT2D eigenvalue weighted by Crippen LogP contribution is 2.38. The zero-order chi connectivity index (χ0) is 14.1. The Morgan fingerprint density at radius 1 is 1.25 bits per heavy atom. The summed E-state index contributed by atoms with van der Waals surface area (Å²) in [5, 5.41) is 1.79. The maximum Gasteiger partial charge on any atom is 0.141 e. The van der Waals surface area contributed by atoms with E-state index in [1.54, 1.807) is 0 Å². The average molecular weight is 327 g/mol. The highest BCUT2D eigenvalue weighted by Gasteiger charge is 2.20. The number of hydrogen-bond donors (Lipinski definition) is 0. The van der Waals surface area contributed by atoms with E-state index in [1.165, 1.54) is 29.7 Å². The van der Waals surface area contributed by atoms with Gasteiger partial charge in [0.15, 0.2) is 0 Å². The van der Waals surface area contributed by atoms with Crippen LogP contribution in [0.15, 0.2) is 0 Å². The Bertz CT molecular complexity index is 622. The van der Waals surface area contributed by atoms with E-state index in [0.29, 0.717) is 11.1 Å². The first-order chi connectivity index (χ1) is 9.65. The normalized spacial score (nSPS) is 15.0. The van der Waals surface area contributed by atoms with Crippen LogP contribution in [0.25, 0.3) is 10.2 Å². The Hall–Kier alpha value is -0.320. The van der Waals surface area contributed by atoms with Gasteiger partial charge in [-0.2, -0.15) is 11.8 Å². The lowest BCUT2D eigenvalue weighted by Gasteiger charge is -2.10. The molecule has 0 radical (unpaired) electrons. The summed E-state index contributed by atoms with van der Waals surface area (Å²) >= 11 is 10.1. The Balaban J connectivity index is 1.90. The molecule has 0 atom stereocenters. The maximum atomic E-state index is 6.43. The van der Waals surface area contributed by atoms with Crippen LogP contribution >= 0.6 is 34.7 Å². The van der Waals surface area contributed by atoms with Crippen molar-refractivity contribution in [3.63, 3.8) is 0 Å². The van der Waals surface area contributed by atoms with Crippen LogP contribution in [0.1, 0.15) is 43.0 Å². The van der Waals surface area contributed by atoms with Gasteiger partial charge in [-0.1, -0.05) is 25.4 Å². The van der Waals surface area contributed by atoms with E-state index < -0.39 is 0 Å². The fourth-order valence-corrected chi connectivity index (χ4v) is 5.14. The van der Waals surface area contributed by atoms with Crippen LogP contribution in [-0.4, -0.2) is 15.7 Å². The standard InChI is InChI=1S/C15H19ClN2S2/c1-9(2)7-19-8-12-17-14(16)13-10-5-3-4-6-11(10)20-15(13)18-12/h9H,3-8H2,1-2H3. The lowest BCUT2D eigenvalue weighted by molar-refractivity contribution is 0.700. The molecule has 2 heterocycles. The van der Waals surface area contributed by atoms with Crippen LogP contribution < -0.4 is 0 Å². The first kappa shape index (κ1) is 14.6. The number of thiophene rings is 1. The second kappa shape index (κ2) is 6.20. The van der Waals surface area contributed by atoms with Crippen LogP contribution in [0.3, 0.4) is 0 Å². The molecular weight excluding hydrogens is 308 g/mol. The quantitative estimate of drug-likeness (QED) is 0.730. The van der Waals surface area contributed by atoms with Crippen LogP contribution in [-0.2, 0) is 18.6 Å². The van der Waals surface area contributed by atoms with Crippen molar-refractivity contribution in [2.24, 2.45) is 5.92 Å². The van der Waals surface area contributed by atoms with Crippen molar-refractivity contribution in [3.05, 3.63) is 21.4 Å². The molecule has 0 N–H and O–H groups in total. The summed E-state index contributed by atoms with van der Waals surface area (Å²) in [7, 11) is 0. The summed E-state index contributed by atoms with van der Waals surface area (Å²) in [4.78, 5) is 11.8. The molecule has 0 aliphatic heterocycles. The number of aryl methyl sites for hydroxylation is 2. The number of thioether (sulfide) groups is 1. The molecule has 0 bridgehead atoms. The van der Waals surface area contributed by atoms with E-state index in [2.05, 4.69) is 18.8 Å². The second-order valence-corrected chi connectivity index (χ2v) is 8.20. The molecule has 108 valence electrons. The molecule has 1 aliphatic rings. The van der Waals surface area contributed by atoms with E-state index in [1.807, 2.05) is 23.1 Å². The number of aromatic nitrogens is 2. The summed E-state index contributed by atoms with van der Waals surface area (Å²) in [5.41, 5.74) is 1.42. The van der Waals surface area contributed by atoms with E-state index in [-0.39, 0.29) is 0 Å². The molecule has 20 heavy (non-hydrogen) atoms. The lowest BCUT2D eigenvalue weighted by Crippen LogP contribution is -2.00. The molecule has 3 rings (SSSR count). The van der Waals surface area contributed by atoms with E-state index in [0.717, 1.165) is 34.0 Å². The number of fused-ring (bicyclic) bond motifs is 3. The van der Waals surface area contributed by atoms with Gasteiger partial charge in [-0.05, 0) is 42.9 Å². The van der Waals surface area contributed by atoms with Gasteiger partial charge >= 0.3 is 0 Å². The van der Waals surface area contributed by atoms with Crippen molar-refractivity contribution < 1.29 is 0 Å². The smallest absolute Gasteiger partial charge is 0.141 e. The summed E-state index contributed by atoms with van der Waals surface area (Å²) in [6.07, 6.45) is 4.88. The van der Waals surface area contributed by atoms with Crippen molar-refractivity contribution in [2.45, 2.75) is 45.3 Å². The van der Waals surface area contributed by atoms with E-state index in [4.69, 9.17) is 16.6 Å². The second-order valence-electron chi connectivity index (χ2n) is 5.73. The van der Waals surface area contributed by atoms with Crippen LogP contribution in [0.2, 0.25) is 5.15 Å². The number of hydrogen-bond acceptors (Lipinski definition) is 4. The zero-order valence-corrected chi connectivity index (χ0v) is 14.3. The van der Waals surface area contributed by atoms with Gasteiger partial charge in [0.1, 0.15) is 15.8 Å². The molecule has 0 aromatic carbocycles. The predicted octanol–water partition coefficient (Wildman–Crippen LogP) is 5.11. The molecule has 0 saturated heterocycles. The maximum absolute atomic E-state index is 6.43. The van der Waals surface area contributed by atoms with Crippen LogP contribution in [0.5, 0.6) is 0 Å². The Kier molecular flexibility index (Phi) is 4.53. The molecule has 2 nitrogen and oxygen atoms in total.